The SMILES string of the molecule is NC(N)NCCc1cc(Nc2cn[nH]c2)cc2c1[nH]c1ccc(Cl)cc12. The molecule has 2 aromatic heterocycles. The normalized spacial score (nSPS) is 11.7. The van der Waals surface area contributed by atoms with Gasteiger partial charge >= 0.3 is 0 Å². The van der Waals surface area contributed by atoms with Crippen molar-refractivity contribution < 1.29 is 0 Å². The smallest absolute Gasteiger partial charge is 0.106 e. The van der Waals surface area contributed by atoms with Crippen LogP contribution in [-0.4, -0.2) is 28.0 Å². The molecule has 0 radical (unpaired) electrons. The van der Waals surface area contributed by atoms with E-state index in [-0.39, 0.29) is 0 Å². The lowest BCUT2D eigenvalue weighted by Gasteiger charge is -2.11. The van der Waals surface area contributed by atoms with Crippen LogP contribution >= 0.6 is 11.6 Å². The second-order valence-electron chi connectivity index (χ2n) is 6.21. The van der Waals surface area contributed by atoms with E-state index in [2.05, 4.69) is 37.9 Å². The van der Waals surface area contributed by atoms with Crippen molar-refractivity contribution in [3.63, 3.8) is 0 Å². The first kappa shape index (κ1) is 16.9. The number of rotatable bonds is 6. The molecule has 8 heteroatoms. The van der Waals surface area contributed by atoms with E-state index in [0.29, 0.717) is 11.6 Å². The fourth-order valence-corrected chi connectivity index (χ4v) is 3.35. The first-order valence-corrected chi connectivity index (χ1v) is 8.72. The zero-order valence-electron chi connectivity index (χ0n) is 14.0. The third-order valence-corrected chi connectivity index (χ3v) is 4.55. The quantitative estimate of drug-likeness (QED) is 0.292. The molecule has 4 rings (SSSR count). The number of hydrogen-bond donors (Lipinski definition) is 6. The van der Waals surface area contributed by atoms with Crippen molar-refractivity contribution in [3.8, 4) is 0 Å². The fraction of sp³-hybridized carbons (Fsp3) is 0.167. The molecule has 2 aromatic carbocycles. The maximum absolute atomic E-state index is 6.21. The topological polar surface area (TPSA) is 121 Å². The lowest BCUT2D eigenvalue weighted by atomic mass is 10.0. The number of hydrogen-bond acceptors (Lipinski definition) is 5. The molecule has 8 N–H and O–H groups in total. The van der Waals surface area contributed by atoms with E-state index in [1.54, 1.807) is 6.20 Å². The highest BCUT2D eigenvalue weighted by molar-refractivity contribution is 6.31. The van der Waals surface area contributed by atoms with Crippen LogP contribution in [0, 0.1) is 0 Å². The summed E-state index contributed by atoms with van der Waals surface area (Å²) in [6, 6.07) is 10.1. The van der Waals surface area contributed by atoms with Gasteiger partial charge in [0.2, 0.25) is 0 Å². The van der Waals surface area contributed by atoms with E-state index >= 15 is 0 Å². The van der Waals surface area contributed by atoms with Crippen molar-refractivity contribution in [3.05, 3.63) is 53.3 Å². The van der Waals surface area contributed by atoms with Crippen LogP contribution in [0.25, 0.3) is 21.8 Å². The maximum Gasteiger partial charge on any atom is 0.106 e. The van der Waals surface area contributed by atoms with E-state index < -0.39 is 6.29 Å². The molecule has 7 nitrogen and oxygen atoms in total. The summed E-state index contributed by atoms with van der Waals surface area (Å²) < 4.78 is 0. The molecule has 0 atom stereocenters. The van der Waals surface area contributed by atoms with Crippen molar-refractivity contribution in [2.75, 3.05) is 11.9 Å². The number of H-pyrrole nitrogens is 2. The molecular weight excluding hydrogens is 350 g/mol. The van der Waals surface area contributed by atoms with Crippen LogP contribution in [-0.2, 0) is 6.42 Å². The van der Waals surface area contributed by atoms with Gasteiger partial charge in [0.25, 0.3) is 0 Å². The van der Waals surface area contributed by atoms with Gasteiger partial charge in [-0.2, -0.15) is 5.10 Å². The van der Waals surface area contributed by atoms with E-state index in [1.165, 1.54) is 0 Å². The fourth-order valence-electron chi connectivity index (χ4n) is 3.17. The monoisotopic (exact) mass is 369 g/mol. The molecule has 0 unspecified atom stereocenters. The molecule has 0 fully saturated rings. The molecule has 26 heavy (non-hydrogen) atoms. The van der Waals surface area contributed by atoms with Gasteiger partial charge in [-0.3, -0.25) is 10.4 Å². The molecule has 134 valence electrons. The van der Waals surface area contributed by atoms with E-state index in [1.807, 2.05) is 24.4 Å². The van der Waals surface area contributed by atoms with Crippen LogP contribution in [0.5, 0.6) is 0 Å². The summed E-state index contributed by atoms with van der Waals surface area (Å²) in [7, 11) is 0. The Morgan fingerprint density at radius 2 is 2.00 bits per heavy atom. The van der Waals surface area contributed by atoms with Crippen molar-refractivity contribution in [1.82, 2.24) is 20.5 Å². The average molecular weight is 370 g/mol. The standard InChI is InChI=1S/C18H20ClN7/c19-11-1-2-16-14(6-11)15-7-12(25-13-8-23-24-9-13)5-10(17(15)26-16)3-4-22-18(20)21/h1-2,5-9,18,22,25-26H,3-4,20-21H2,(H,23,24). The minimum absolute atomic E-state index is 0.528. The highest BCUT2D eigenvalue weighted by atomic mass is 35.5. The predicted octanol–water partition coefficient (Wildman–Crippen LogP) is 2.77. The molecule has 0 saturated heterocycles. The number of nitrogens with one attached hydrogen (secondary N) is 4. The Morgan fingerprint density at radius 1 is 1.12 bits per heavy atom. The molecular formula is C18H20ClN7. The lowest BCUT2D eigenvalue weighted by molar-refractivity contribution is 0.548. The van der Waals surface area contributed by atoms with Crippen LogP contribution in [0.15, 0.2) is 42.7 Å². The van der Waals surface area contributed by atoms with Gasteiger partial charge in [-0.15, -0.1) is 0 Å². The molecule has 0 amide bonds. The van der Waals surface area contributed by atoms with Gasteiger partial charge in [0.05, 0.1) is 11.9 Å². The Kier molecular flexibility index (Phi) is 4.52. The van der Waals surface area contributed by atoms with Crippen molar-refractivity contribution in [2.45, 2.75) is 12.7 Å². The molecule has 0 aliphatic rings. The van der Waals surface area contributed by atoms with Crippen molar-refractivity contribution >= 4 is 44.8 Å². The minimum Gasteiger partial charge on any atom is -0.354 e. The van der Waals surface area contributed by atoms with Crippen LogP contribution < -0.4 is 22.1 Å². The van der Waals surface area contributed by atoms with Gasteiger partial charge < -0.3 is 21.8 Å². The molecule has 0 aliphatic carbocycles. The largest absolute Gasteiger partial charge is 0.354 e. The number of anilines is 2. The predicted molar refractivity (Wildman–Crippen MR) is 107 cm³/mol. The van der Waals surface area contributed by atoms with Gasteiger partial charge in [-0.05, 0) is 42.3 Å². The molecule has 0 spiro atoms. The summed E-state index contributed by atoms with van der Waals surface area (Å²) >= 11 is 6.21. The van der Waals surface area contributed by atoms with Crippen molar-refractivity contribution in [2.24, 2.45) is 11.5 Å². The number of aromatic amines is 2. The Hall–Kier alpha value is -2.58. The summed E-state index contributed by atoms with van der Waals surface area (Å²) in [6.45, 7) is 0.679. The van der Waals surface area contributed by atoms with E-state index in [9.17, 15) is 0 Å². The highest BCUT2D eigenvalue weighted by Crippen LogP contribution is 2.33. The number of nitrogens with two attached hydrogens (primary N) is 2. The minimum atomic E-state index is -0.528. The lowest BCUT2D eigenvalue weighted by Crippen LogP contribution is -2.45. The number of benzene rings is 2. The zero-order chi connectivity index (χ0) is 18.1. The van der Waals surface area contributed by atoms with E-state index in [0.717, 1.165) is 45.2 Å². The highest BCUT2D eigenvalue weighted by Gasteiger charge is 2.12. The molecule has 4 aromatic rings. The Balaban J connectivity index is 1.81. The van der Waals surface area contributed by atoms with Gasteiger partial charge in [0.1, 0.15) is 6.29 Å². The molecule has 2 heterocycles. The van der Waals surface area contributed by atoms with Crippen LogP contribution in [0.4, 0.5) is 11.4 Å². The van der Waals surface area contributed by atoms with Gasteiger partial charge in [0, 0.05) is 45.3 Å². The third kappa shape index (κ3) is 3.38. The second-order valence-corrected chi connectivity index (χ2v) is 6.65. The average Bonchev–Trinajstić information content (AvgIpc) is 3.22. The third-order valence-electron chi connectivity index (χ3n) is 4.31. The van der Waals surface area contributed by atoms with Crippen LogP contribution in [0.1, 0.15) is 5.56 Å². The van der Waals surface area contributed by atoms with Crippen molar-refractivity contribution in [1.29, 1.82) is 0 Å². The Labute approximate surface area is 155 Å². The van der Waals surface area contributed by atoms with Crippen LogP contribution in [0.3, 0.4) is 0 Å². The summed E-state index contributed by atoms with van der Waals surface area (Å²) in [4.78, 5) is 3.50. The number of halogens is 1. The molecule has 0 aliphatic heterocycles. The Bertz CT molecular complexity index is 1040. The zero-order valence-corrected chi connectivity index (χ0v) is 14.8. The summed E-state index contributed by atoms with van der Waals surface area (Å²) in [5.41, 5.74) is 16.4. The van der Waals surface area contributed by atoms with E-state index in [4.69, 9.17) is 23.1 Å². The number of aromatic nitrogens is 3. The molecule has 0 bridgehead atoms. The number of nitrogens with zero attached hydrogens (tertiary/aromatic N) is 1. The summed E-state index contributed by atoms with van der Waals surface area (Å²) in [5, 5.41) is 16.1. The maximum atomic E-state index is 6.21. The first-order chi connectivity index (χ1) is 12.6. The Morgan fingerprint density at radius 3 is 2.77 bits per heavy atom. The summed E-state index contributed by atoms with van der Waals surface area (Å²) in [6.07, 6.45) is 3.80. The number of fused-ring (bicyclic) bond motifs is 3. The van der Waals surface area contributed by atoms with Gasteiger partial charge in [-0.1, -0.05) is 11.6 Å². The summed E-state index contributed by atoms with van der Waals surface area (Å²) in [5.74, 6) is 0. The van der Waals surface area contributed by atoms with Gasteiger partial charge in [0.15, 0.2) is 0 Å². The first-order valence-electron chi connectivity index (χ1n) is 8.34. The molecule has 0 saturated carbocycles. The van der Waals surface area contributed by atoms with Gasteiger partial charge in [-0.25, -0.2) is 0 Å². The van der Waals surface area contributed by atoms with Crippen LogP contribution in [0.2, 0.25) is 5.02 Å². The second kappa shape index (κ2) is 6.97.